The van der Waals surface area contributed by atoms with Crippen molar-refractivity contribution < 1.29 is 9.21 Å². The van der Waals surface area contributed by atoms with Gasteiger partial charge >= 0.3 is 0 Å². The van der Waals surface area contributed by atoms with Crippen molar-refractivity contribution in [3.8, 4) is 0 Å². The van der Waals surface area contributed by atoms with Crippen molar-refractivity contribution in [2.75, 3.05) is 0 Å². The highest BCUT2D eigenvalue weighted by Crippen LogP contribution is 2.40. The van der Waals surface area contributed by atoms with Crippen LogP contribution in [0.4, 0.5) is 0 Å². The molecule has 1 aliphatic rings. The van der Waals surface area contributed by atoms with Crippen LogP contribution in [0.1, 0.15) is 40.6 Å². The van der Waals surface area contributed by atoms with Crippen molar-refractivity contribution in [1.82, 2.24) is 10.4 Å². The Labute approximate surface area is 145 Å². The summed E-state index contributed by atoms with van der Waals surface area (Å²) in [5.41, 5.74) is 5.03. The number of rotatable bonds is 5. The zero-order valence-electron chi connectivity index (χ0n) is 13.6. The van der Waals surface area contributed by atoms with E-state index in [0.717, 1.165) is 35.2 Å². The van der Waals surface area contributed by atoms with Gasteiger partial charge in [-0.2, -0.15) is 5.10 Å². The maximum atomic E-state index is 12.6. The van der Waals surface area contributed by atoms with Gasteiger partial charge in [0.1, 0.15) is 5.76 Å². The molecule has 5 heteroatoms. The normalized spacial score (nSPS) is 14.6. The van der Waals surface area contributed by atoms with E-state index in [-0.39, 0.29) is 5.91 Å². The molecule has 0 radical (unpaired) electrons. The molecule has 0 spiro atoms. The van der Waals surface area contributed by atoms with E-state index in [0.29, 0.717) is 11.5 Å². The molecule has 0 aliphatic heterocycles. The monoisotopic (exact) mass is 331 g/mol. The highest BCUT2D eigenvalue weighted by molar-refractivity contribution is 6.06. The number of hydrogen-bond acceptors (Lipinski definition) is 4. The second-order valence-corrected chi connectivity index (χ2v) is 5.98. The molecular formula is C20H17N3O2. The topological polar surface area (TPSA) is 67.5 Å². The van der Waals surface area contributed by atoms with Crippen molar-refractivity contribution >= 4 is 29.1 Å². The Morgan fingerprint density at radius 3 is 2.92 bits per heavy atom. The molecule has 5 nitrogen and oxygen atoms in total. The fourth-order valence-electron chi connectivity index (χ4n) is 2.70. The largest absolute Gasteiger partial charge is 0.465 e. The molecule has 2 aromatic heterocycles. The molecule has 0 atom stereocenters. The van der Waals surface area contributed by atoms with E-state index in [1.54, 1.807) is 18.4 Å². The summed E-state index contributed by atoms with van der Waals surface area (Å²) in [5, 5.41) is 4.81. The van der Waals surface area contributed by atoms with Gasteiger partial charge in [-0.3, -0.25) is 9.78 Å². The van der Waals surface area contributed by atoms with Crippen molar-refractivity contribution in [3.63, 3.8) is 0 Å². The van der Waals surface area contributed by atoms with Crippen LogP contribution < -0.4 is 5.43 Å². The second-order valence-electron chi connectivity index (χ2n) is 5.98. The van der Waals surface area contributed by atoms with Crippen LogP contribution in [0.25, 0.3) is 17.0 Å². The minimum Gasteiger partial charge on any atom is -0.465 e. The lowest BCUT2D eigenvalue weighted by molar-refractivity contribution is 0.0956. The molecule has 124 valence electrons. The molecule has 3 aromatic rings. The van der Waals surface area contributed by atoms with Crippen LogP contribution in [0.3, 0.4) is 0 Å². The average molecular weight is 331 g/mol. The molecule has 1 aromatic carbocycles. The lowest BCUT2D eigenvalue weighted by Gasteiger charge is -2.07. The molecule has 1 fully saturated rings. The summed E-state index contributed by atoms with van der Waals surface area (Å²) in [6.45, 7) is 0. The van der Waals surface area contributed by atoms with Crippen molar-refractivity contribution in [2.45, 2.75) is 18.8 Å². The minimum atomic E-state index is -0.233. The number of carbonyl (C=O) groups is 1. The Bertz CT molecular complexity index is 954. The predicted molar refractivity (Wildman–Crippen MR) is 97.4 cm³/mol. The van der Waals surface area contributed by atoms with Crippen molar-refractivity contribution in [2.24, 2.45) is 5.10 Å². The number of furan rings is 1. The minimum absolute atomic E-state index is 0.233. The first kappa shape index (κ1) is 15.3. The number of para-hydroxylation sites is 1. The summed E-state index contributed by atoms with van der Waals surface area (Å²) in [7, 11) is 0. The molecule has 0 saturated heterocycles. The Morgan fingerprint density at radius 1 is 1.24 bits per heavy atom. The van der Waals surface area contributed by atoms with E-state index in [2.05, 4.69) is 15.5 Å². The molecule has 1 aliphatic carbocycles. The maximum Gasteiger partial charge on any atom is 0.272 e. The second kappa shape index (κ2) is 6.73. The third-order valence-corrected chi connectivity index (χ3v) is 4.11. The average Bonchev–Trinajstić information content (AvgIpc) is 3.37. The number of pyridine rings is 1. The van der Waals surface area contributed by atoms with Gasteiger partial charge in [-0.1, -0.05) is 18.2 Å². The first-order chi connectivity index (χ1) is 12.3. The first-order valence-electron chi connectivity index (χ1n) is 8.24. The zero-order chi connectivity index (χ0) is 17.1. The van der Waals surface area contributed by atoms with Crippen LogP contribution in [0.5, 0.6) is 0 Å². The van der Waals surface area contributed by atoms with E-state index in [4.69, 9.17) is 4.42 Å². The van der Waals surface area contributed by atoms with E-state index >= 15 is 0 Å². The Kier molecular flexibility index (Phi) is 4.12. The van der Waals surface area contributed by atoms with Crippen LogP contribution >= 0.6 is 0 Å². The molecule has 1 amide bonds. The van der Waals surface area contributed by atoms with Crippen LogP contribution in [0.15, 0.2) is 64.3 Å². The third kappa shape index (κ3) is 3.50. The Morgan fingerprint density at radius 2 is 2.12 bits per heavy atom. The van der Waals surface area contributed by atoms with Crippen LogP contribution in [0, 0.1) is 0 Å². The van der Waals surface area contributed by atoms with Gasteiger partial charge in [-0.05, 0) is 49.3 Å². The predicted octanol–water partition coefficient (Wildman–Crippen LogP) is 4.13. The molecular weight excluding hydrogens is 314 g/mol. The van der Waals surface area contributed by atoms with E-state index in [9.17, 15) is 4.79 Å². The van der Waals surface area contributed by atoms with E-state index in [1.165, 1.54) is 6.21 Å². The summed E-state index contributed by atoms with van der Waals surface area (Å²) in [5.74, 6) is 0.978. The first-order valence-corrected chi connectivity index (χ1v) is 8.24. The Balaban J connectivity index is 1.53. The zero-order valence-corrected chi connectivity index (χ0v) is 13.6. The number of fused-ring (bicyclic) bond motifs is 1. The molecule has 2 heterocycles. The number of hydrazone groups is 1. The van der Waals surface area contributed by atoms with Gasteiger partial charge in [0.2, 0.25) is 0 Å². The van der Waals surface area contributed by atoms with Gasteiger partial charge in [-0.15, -0.1) is 0 Å². The highest BCUT2D eigenvalue weighted by atomic mass is 16.3. The molecule has 1 saturated carbocycles. The highest BCUT2D eigenvalue weighted by Gasteiger charge is 2.26. The quantitative estimate of drug-likeness (QED) is 0.564. The number of carbonyl (C=O) groups excluding carboxylic acids is 1. The molecule has 0 unspecified atom stereocenters. The number of benzene rings is 1. The van der Waals surface area contributed by atoms with Crippen molar-refractivity contribution in [1.29, 1.82) is 0 Å². The molecule has 4 rings (SSSR count). The lowest BCUT2D eigenvalue weighted by atomic mass is 10.1. The van der Waals surface area contributed by atoms with E-state index < -0.39 is 0 Å². The number of nitrogens with one attached hydrogen (secondary N) is 1. The molecule has 0 bridgehead atoms. The van der Waals surface area contributed by atoms with Crippen molar-refractivity contribution in [3.05, 3.63) is 71.8 Å². The van der Waals surface area contributed by atoms with Crippen LogP contribution in [-0.2, 0) is 0 Å². The standard InChI is InChI=1S/C20H17N3O2/c24-20(23-21-11-3-5-15-6-4-12-25-15)17-13-19(14-9-10-14)22-18-8-2-1-7-16(17)18/h1-8,11-14H,9-10H2,(H,23,24)/b5-3-,21-11?. The van der Waals surface area contributed by atoms with Gasteiger partial charge < -0.3 is 4.42 Å². The summed E-state index contributed by atoms with van der Waals surface area (Å²) in [4.78, 5) is 17.2. The van der Waals surface area contributed by atoms with Gasteiger partial charge in [0, 0.05) is 23.2 Å². The lowest BCUT2D eigenvalue weighted by Crippen LogP contribution is -2.18. The maximum absolute atomic E-state index is 12.6. The number of hydrogen-bond donors (Lipinski definition) is 1. The van der Waals surface area contributed by atoms with Gasteiger partial charge in [0.15, 0.2) is 0 Å². The summed E-state index contributed by atoms with van der Waals surface area (Å²) >= 11 is 0. The van der Waals surface area contributed by atoms with Gasteiger partial charge in [0.05, 0.1) is 17.3 Å². The fraction of sp³-hybridized carbons (Fsp3) is 0.150. The summed E-state index contributed by atoms with van der Waals surface area (Å²) in [6, 6.07) is 13.2. The summed E-state index contributed by atoms with van der Waals surface area (Å²) in [6.07, 6.45) is 8.88. The molecule has 1 N–H and O–H groups in total. The van der Waals surface area contributed by atoms with Gasteiger partial charge in [-0.25, -0.2) is 5.43 Å². The van der Waals surface area contributed by atoms with E-state index in [1.807, 2.05) is 42.5 Å². The SMILES string of the molecule is O=C(NN=C/C=C\c1ccco1)c1cc(C2CC2)nc2ccccc12. The van der Waals surface area contributed by atoms with Gasteiger partial charge in [0.25, 0.3) is 5.91 Å². The van der Waals surface area contributed by atoms with Crippen LogP contribution in [-0.4, -0.2) is 17.1 Å². The number of nitrogens with zero attached hydrogens (tertiary/aromatic N) is 2. The smallest absolute Gasteiger partial charge is 0.272 e. The van der Waals surface area contributed by atoms with Crippen LogP contribution in [0.2, 0.25) is 0 Å². The Hall–Kier alpha value is -3.21. The number of aromatic nitrogens is 1. The summed E-state index contributed by atoms with van der Waals surface area (Å²) < 4.78 is 5.18. The number of amides is 1. The number of allylic oxidation sites excluding steroid dienone is 1. The third-order valence-electron chi connectivity index (χ3n) is 4.11. The molecule has 25 heavy (non-hydrogen) atoms. The fourth-order valence-corrected chi connectivity index (χ4v) is 2.70.